The zero-order valence-corrected chi connectivity index (χ0v) is 41.8. The third-order valence-electron chi connectivity index (χ3n) is 11.2. The molecule has 6 unspecified atom stereocenters. The van der Waals surface area contributed by atoms with Crippen LogP contribution in [0.2, 0.25) is 0 Å². The fourth-order valence-corrected chi connectivity index (χ4v) is 8.16. The third kappa shape index (κ3) is 34.1. The Morgan fingerprint density at radius 1 is 0.478 bits per heavy atom. The summed E-state index contributed by atoms with van der Waals surface area (Å²) < 4.78 is 33.5. The highest BCUT2D eigenvalue weighted by molar-refractivity contribution is 7.47. The van der Waals surface area contributed by atoms with Crippen molar-refractivity contribution in [1.82, 2.24) is 0 Å². The lowest BCUT2D eigenvalue weighted by Gasteiger charge is -2.41. The molecule has 67 heavy (non-hydrogen) atoms. The number of aliphatic hydroxyl groups is 5. The number of esters is 2. The molecule has 1 aliphatic rings. The van der Waals surface area contributed by atoms with Crippen molar-refractivity contribution in [3.63, 3.8) is 0 Å². The summed E-state index contributed by atoms with van der Waals surface area (Å²) >= 11 is 0. The monoisotopic (exact) mass is 965 g/mol. The minimum absolute atomic E-state index is 0.0332. The van der Waals surface area contributed by atoms with Crippen molar-refractivity contribution < 1.29 is 63.1 Å². The number of phosphoric acid groups is 1. The summed E-state index contributed by atoms with van der Waals surface area (Å²) in [6, 6.07) is 0. The lowest BCUT2D eigenvalue weighted by molar-refractivity contribution is -0.220. The molecule has 0 amide bonds. The number of aliphatic hydroxyl groups excluding tert-OH is 5. The molecule has 1 saturated carbocycles. The summed E-state index contributed by atoms with van der Waals surface area (Å²) in [6.45, 7) is 3.13. The number of hydrogen-bond acceptors (Lipinski definition) is 12. The van der Waals surface area contributed by atoms with Crippen LogP contribution in [0, 0.1) is 0 Å². The average molecular weight is 965 g/mol. The Morgan fingerprint density at radius 2 is 0.881 bits per heavy atom. The number of rotatable bonds is 41. The van der Waals surface area contributed by atoms with Crippen molar-refractivity contribution in [1.29, 1.82) is 0 Å². The molecule has 0 aromatic rings. The molecule has 6 N–H and O–H groups in total. The van der Waals surface area contributed by atoms with E-state index in [-0.39, 0.29) is 12.8 Å². The van der Waals surface area contributed by atoms with Gasteiger partial charge in [-0.3, -0.25) is 18.6 Å². The lowest BCUT2D eigenvalue weighted by Crippen LogP contribution is -2.64. The Bertz CT molecular complexity index is 1490. The molecule has 0 aromatic heterocycles. The molecular formula is C53H89O13P. The first kappa shape index (κ1) is 62.0. The third-order valence-corrected chi connectivity index (χ3v) is 12.2. The van der Waals surface area contributed by atoms with Crippen LogP contribution in [0.4, 0.5) is 0 Å². The van der Waals surface area contributed by atoms with Gasteiger partial charge >= 0.3 is 19.8 Å². The molecule has 0 aromatic carbocycles. The van der Waals surface area contributed by atoms with Crippen LogP contribution in [-0.2, 0) is 32.7 Å². The van der Waals surface area contributed by atoms with Gasteiger partial charge in [-0.1, -0.05) is 176 Å². The van der Waals surface area contributed by atoms with Crippen molar-refractivity contribution in [3.05, 3.63) is 85.1 Å². The van der Waals surface area contributed by atoms with Gasteiger partial charge in [0.2, 0.25) is 0 Å². The molecule has 0 saturated heterocycles. The number of carbonyl (C=O) groups excluding carboxylic acids is 2. The molecule has 14 heteroatoms. The molecule has 384 valence electrons. The summed E-state index contributed by atoms with van der Waals surface area (Å²) in [5.74, 6) is -1.21. The van der Waals surface area contributed by atoms with E-state index >= 15 is 0 Å². The van der Waals surface area contributed by atoms with Crippen molar-refractivity contribution >= 4 is 19.8 Å². The number of ether oxygens (including phenoxy) is 2. The van der Waals surface area contributed by atoms with Gasteiger partial charge in [-0.2, -0.15) is 0 Å². The summed E-state index contributed by atoms with van der Waals surface area (Å²) in [7, 11) is -5.15. The second-order valence-corrected chi connectivity index (χ2v) is 18.7. The van der Waals surface area contributed by atoms with Gasteiger partial charge in [0.05, 0.1) is 6.61 Å². The first-order valence-corrected chi connectivity index (χ1v) is 26.9. The highest BCUT2D eigenvalue weighted by Gasteiger charge is 2.51. The van der Waals surface area contributed by atoms with Crippen LogP contribution < -0.4 is 0 Å². The van der Waals surface area contributed by atoms with Crippen molar-refractivity contribution in [2.24, 2.45) is 0 Å². The predicted molar refractivity (Wildman–Crippen MR) is 267 cm³/mol. The molecular weight excluding hydrogens is 876 g/mol. The first-order chi connectivity index (χ1) is 32.4. The van der Waals surface area contributed by atoms with E-state index in [2.05, 4.69) is 80.7 Å². The number of allylic oxidation sites excluding steroid dienone is 14. The van der Waals surface area contributed by atoms with E-state index < -0.39 is 75.7 Å². The molecule has 1 fully saturated rings. The second kappa shape index (κ2) is 42.0. The summed E-state index contributed by atoms with van der Waals surface area (Å²) in [4.78, 5) is 35.8. The topological polar surface area (TPSA) is 210 Å². The van der Waals surface area contributed by atoms with Gasteiger partial charge in [0, 0.05) is 12.8 Å². The maximum absolute atomic E-state index is 12.8. The first-order valence-electron chi connectivity index (χ1n) is 25.4. The smallest absolute Gasteiger partial charge is 0.462 e. The Balaban J connectivity index is 2.47. The molecule has 0 radical (unpaired) electrons. The van der Waals surface area contributed by atoms with Gasteiger partial charge in [-0.15, -0.1) is 0 Å². The summed E-state index contributed by atoms with van der Waals surface area (Å²) in [6.07, 6.45) is 42.1. The normalized spacial score (nSPS) is 21.9. The predicted octanol–water partition coefficient (Wildman–Crippen LogP) is 10.8. The minimum Gasteiger partial charge on any atom is -0.462 e. The van der Waals surface area contributed by atoms with Gasteiger partial charge in [-0.25, -0.2) is 4.57 Å². The number of phosphoric ester groups is 1. The van der Waals surface area contributed by atoms with Crippen LogP contribution >= 0.6 is 7.82 Å². The molecule has 0 aliphatic heterocycles. The van der Waals surface area contributed by atoms with Gasteiger partial charge in [0.15, 0.2) is 6.10 Å². The van der Waals surface area contributed by atoms with E-state index in [1.807, 2.05) is 18.2 Å². The van der Waals surface area contributed by atoms with Crippen molar-refractivity contribution in [2.45, 2.75) is 224 Å². The largest absolute Gasteiger partial charge is 0.472 e. The van der Waals surface area contributed by atoms with Crippen LogP contribution in [0.25, 0.3) is 0 Å². The van der Waals surface area contributed by atoms with Gasteiger partial charge in [0.25, 0.3) is 0 Å². The maximum Gasteiger partial charge on any atom is 0.472 e. The SMILES string of the molecule is CC/C=C\C/C=C\C/C=C\C/C=C\C/C=C\C/C=C\CCC(=O)O[C@H](COC(=O)CCCCCCCCC/C=C\CCCCCCCCCC)COP(=O)(O)OC1C(O)C(O)C(O)[C@@H](O)C1O. The maximum atomic E-state index is 12.8. The van der Waals surface area contributed by atoms with Crippen molar-refractivity contribution in [2.75, 3.05) is 13.2 Å². The van der Waals surface area contributed by atoms with E-state index in [9.17, 15) is 44.6 Å². The Morgan fingerprint density at radius 3 is 1.36 bits per heavy atom. The standard InChI is InChI=1S/C53H89O13P/c1-3-5-7-9-11-13-15-17-19-21-23-25-27-29-31-33-35-37-39-41-46(54)63-43-45(44-64-67(61,62)66-53-51(59)49(57)48(56)50(58)52(53)60)65-47(55)42-40-38-36-34-32-30-28-26-24-22-20-18-16-14-12-10-8-6-4-2/h6,8,12,14,18,20-21,23-24,26,30,32,36,38,45,48-53,56-60H,3-5,7,9-11,13,15-17,19,22,25,27-29,31,33-35,37,39-44H2,1-2H3,(H,61,62)/b8-6-,14-12-,20-18-,23-21-,26-24-,32-30-,38-36-/t45-,48?,49-,50?,51?,52?,53?/m1/s1. The highest BCUT2D eigenvalue weighted by Crippen LogP contribution is 2.47. The highest BCUT2D eigenvalue weighted by atomic mass is 31.2. The van der Waals surface area contributed by atoms with E-state index in [4.69, 9.17) is 18.5 Å². The zero-order chi connectivity index (χ0) is 49.2. The molecule has 8 atom stereocenters. The van der Waals surface area contributed by atoms with E-state index in [0.717, 1.165) is 64.2 Å². The van der Waals surface area contributed by atoms with Crippen LogP contribution in [-0.4, -0.2) is 98.3 Å². The van der Waals surface area contributed by atoms with Gasteiger partial charge < -0.3 is 39.9 Å². The molecule has 1 aliphatic carbocycles. The molecule has 0 spiro atoms. The zero-order valence-electron chi connectivity index (χ0n) is 40.9. The second-order valence-electron chi connectivity index (χ2n) is 17.3. The van der Waals surface area contributed by atoms with Crippen LogP contribution in [0.1, 0.15) is 181 Å². The molecule has 0 bridgehead atoms. The van der Waals surface area contributed by atoms with Gasteiger partial charge in [0.1, 0.15) is 43.2 Å². The summed E-state index contributed by atoms with van der Waals surface area (Å²) in [5, 5.41) is 50.2. The quantitative estimate of drug-likeness (QED) is 0.0146. The van der Waals surface area contributed by atoms with E-state index in [1.54, 1.807) is 0 Å². The fraction of sp³-hybridized carbons (Fsp3) is 0.698. The average Bonchev–Trinajstić information content (AvgIpc) is 3.31. The lowest BCUT2D eigenvalue weighted by atomic mass is 9.85. The number of unbranched alkanes of at least 4 members (excludes halogenated alkanes) is 15. The Labute approximate surface area is 403 Å². The van der Waals surface area contributed by atoms with E-state index in [1.165, 1.54) is 70.6 Å². The molecule has 13 nitrogen and oxygen atoms in total. The summed E-state index contributed by atoms with van der Waals surface area (Å²) in [5.41, 5.74) is 0. The number of carbonyl (C=O) groups is 2. The van der Waals surface area contributed by atoms with Crippen molar-refractivity contribution in [3.8, 4) is 0 Å². The van der Waals surface area contributed by atoms with Crippen LogP contribution in [0.5, 0.6) is 0 Å². The molecule has 0 heterocycles. The number of hydrogen-bond donors (Lipinski definition) is 6. The van der Waals surface area contributed by atoms with E-state index in [0.29, 0.717) is 19.3 Å². The van der Waals surface area contributed by atoms with Crippen LogP contribution in [0.3, 0.4) is 0 Å². The van der Waals surface area contributed by atoms with Gasteiger partial charge in [-0.05, 0) is 77.0 Å². The fourth-order valence-electron chi connectivity index (χ4n) is 7.19. The Hall–Kier alpha value is -2.97. The molecule has 1 rings (SSSR count). The minimum atomic E-state index is -5.15. The Kier molecular flexibility index (Phi) is 38.9. The van der Waals surface area contributed by atoms with Crippen LogP contribution in [0.15, 0.2) is 85.1 Å².